The molecular formula is C51H55BN2O5. The molecule has 10 rings (SSSR count). The van der Waals surface area contributed by atoms with Crippen molar-refractivity contribution in [1.82, 2.24) is 0 Å². The van der Waals surface area contributed by atoms with Gasteiger partial charge in [0.25, 0.3) is 6.71 Å². The zero-order valence-corrected chi connectivity index (χ0v) is 36.3. The van der Waals surface area contributed by atoms with Gasteiger partial charge in [0.1, 0.15) is 5.58 Å². The van der Waals surface area contributed by atoms with Crippen LogP contribution in [-0.2, 0) is 10.8 Å². The molecule has 0 amide bonds. The first kappa shape index (κ1) is 37.8. The molecule has 0 N–H and O–H groups in total. The number of aryl methyl sites for hydroxylation is 2. The van der Waals surface area contributed by atoms with Crippen LogP contribution in [0.5, 0.6) is 23.0 Å². The van der Waals surface area contributed by atoms with Gasteiger partial charge in [0.15, 0.2) is 23.0 Å². The van der Waals surface area contributed by atoms with Crippen LogP contribution >= 0.6 is 0 Å². The summed E-state index contributed by atoms with van der Waals surface area (Å²) in [5, 5.41) is 1.13. The maximum absolute atomic E-state index is 7.25. The van der Waals surface area contributed by atoms with Crippen LogP contribution in [0, 0.1) is 13.8 Å². The topological polar surface area (TPSA) is 56.5 Å². The second-order valence-corrected chi connectivity index (χ2v) is 19.3. The van der Waals surface area contributed by atoms with Crippen LogP contribution in [0.15, 0.2) is 77.2 Å². The molecule has 6 aromatic rings. The monoisotopic (exact) mass is 786 g/mol. The summed E-state index contributed by atoms with van der Waals surface area (Å²) in [5.74, 6) is 4.20. The van der Waals surface area contributed by atoms with E-state index in [0.29, 0.717) is 26.4 Å². The maximum atomic E-state index is 7.25. The largest absolute Gasteiger partial charge is 0.490 e. The number of benzene rings is 5. The van der Waals surface area contributed by atoms with Gasteiger partial charge in [0.2, 0.25) is 5.88 Å². The molecule has 0 radical (unpaired) electrons. The number of anilines is 6. The first-order chi connectivity index (χ1) is 28.2. The third-order valence-corrected chi connectivity index (χ3v) is 12.7. The minimum atomic E-state index is -0.165. The first-order valence-corrected chi connectivity index (χ1v) is 21.5. The van der Waals surface area contributed by atoms with Gasteiger partial charge in [-0.25, -0.2) is 0 Å². The van der Waals surface area contributed by atoms with Crippen molar-refractivity contribution in [2.24, 2.45) is 0 Å². The zero-order chi connectivity index (χ0) is 41.1. The lowest BCUT2D eigenvalue weighted by Gasteiger charge is -2.43. The normalized spacial score (nSPS) is 15.8. The Balaban J connectivity index is 1.34. The summed E-state index contributed by atoms with van der Waals surface area (Å²) in [6, 6.07) is 27.2. The fourth-order valence-electron chi connectivity index (χ4n) is 9.52. The quantitative estimate of drug-likeness (QED) is 0.165. The molecule has 0 saturated carbocycles. The van der Waals surface area contributed by atoms with E-state index >= 15 is 0 Å². The summed E-state index contributed by atoms with van der Waals surface area (Å²) in [6.45, 7) is 25.1. The zero-order valence-electron chi connectivity index (χ0n) is 36.3. The third-order valence-electron chi connectivity index (χ3n) is 12.7. The first-order valence-electron chi connectivity index (χ1n) is 21.5. The number of hydrogen-bond acceptors (Lipinski definition) is 7. The van der Waals surface area contributed by atoms with Gasteiger partial charge < -0.3 is 28.3 Å². The van der Waals surface area contributed by atoms with E-state index in [0.717, 1.165) is 86.6 Å². The lowest BCUT2D eigenvalue weighted by molar-refractivity contribution is 0.296. The van der Waals surface area contributed by atoms with Crippen molar-refractivity contribution in [3.05, 3.63) is 101 Å². The molecule has 0 unspecified atom stereocenters. The second-order valence-electron chi connectivity index (χ2n) is 19.3. The molecular weight excluding hydrogens is 731 g/mol. The van der Waals surface area contributed by atoms with Gasteiger partial charge in [-0.2, -0.15) is 0 Å². The Bertz CT molecular complexity index is 2660. The van der Waals surface area contributed by atoms with Crippen LogP contribution in [-0.4, -0.2) is 33.1 Å². The molecule has 5 aromatic carbocycles. The van der Waals surface area contributed by atoms with Crippen LogP contribution < -0.4 is 45.1 Å². The van der Waals surface area contributed by atoms with Gasteiger partial charge in [-0.05, 0) is 112 Å². The Labute approximate surface area is 349 Å². The lowest BCUT2D eigenvalue weighted by atomic mass is 9.33. The Hall–Kier alpha value is -5.50. The molecule has 1 aromatic heterocycles. The molecule has 8 heteroatoms. The minimum absolute atomic E-state index is 0.00229. The summed E-state index contributed by atoms with van der Waals surface area (Å²) in [4.78, 5) is 4.87. The van der Waals surface area contributed by atoms with Crippen molar-refractivity contribution in [3.8, 4) is 23.0 Å². The second kappa shape index (κ2) is 13.5. The van der Waals surface area contributed by atoms with E-state index in [1.807, 2.05) is 0 Å². The Morgan fingerprint density at radius 3 is 1.80 bits per heavy atom. The molecule has 0 aliphatic carbocycles. The fourth-order valence-corrected chi connectivity index (χ4v) is 9.52. The van der Waals surface area contributed by atoms with E-state index in [1.54, 1.807) is 0 Å². The minimum Gasteiger partial charge on any atom is -0.490 e. The van der Waals surface area contributed by atoms with Gasteiger partial charge >= 0.3 is 0 Å². The van der Waals surface area contributed by atoms with E-state index in [-0.39, 0.29) is 23.5 Å². The molecule has 7 nitrogen and oxygen atoms in total. The summed E-state index contributed by atoms with van der Waals surface area (Å²) >= 11 is 0. The van der Waals surface area contributed by atoms with Gasteiger partial charge in [-0.15, -0.1) is 0 Å². The highest BCUT2D eigenvalue weighted by atomic mass is 16.5. The number of hydrogen-bond donors (Lipinski definition) is 0. The molecule has 5 heterocycles. The molecule has 4 aliphatic rings. The molecule has 0 bridgehead atoms. The average Bonchev–Trinajstić information content (AvgIpc) is 3.30. The van der Waals surface area contributed by atoms with Crippen LogP contribution in [0.2, 0.25) is 0 Å². The predicted octanol–water partition coefficient (Wildman–Crippen LogP) is 11.2. The number of fused-ring (bicyclic) bond motifs is 8. The van der Waals surface area contributed by atoms with Crippen LogP contribution in [0.4, 0.5) is 34.3 Å². The number of rotatable bonds is 3. The standard InChI is InChI=1S/C51H55BN2O5/c1-29(2)32-23-39-47-40(24-32)54(48-30(3)21-34(22-31(48)4)51(8,9)10)49-46(36-25-33(50(5,6)7)13-15-41(36)59-49)52(47)37-27-44-45(58-20-12-19-57-44)28-38(37)53(39)35-14-16-42-43(26-35)56-18-11-17-55-42/h13-16,21-29H,11-12,17-20H2,1-10H3. The molecule has 4 aliphatic heterocycles. The highest BCUT2D eigenvalue weighted by Gasteiger charge is 2.48. The Kier molecular flexibility index (Phi) is 8.65. The Morgan fingerprint density at radius 2 is 1.17 bits per heavy atom. The number of furan rings is 1. The van der Waals surface area contributed by atoms with Gasteiger partial charge in [0.05, 0.1) is 37.8 Å². The van der Waals surface area contributed by atoms with Gasteiger partial charge in [-0.1, -0.05) is 73.6 Å². The van der Waals surface area contributed by atoms with Crippen LogP contribution in [0.1, 0.15) is 102 Å². The highest BCUT2D eigenvalue weighted by Crippen LogP contribution is 2.51. The predicted molar refractivity (Wildman–Crippen MR) is 242 cm³/mol. The van der Waals surface area contributed by atoms with Crippen molar-refractivity contribution in [1.29, 1.82) is 0 Å². The molecule has 302 valence electrons. The van der Waals surface area contributed by atoms with E-state index < -0.39 is 0 Å². The summed E-state index contributed by atoms with van der Waals surface area (Å²) in [6.07, 6.45) is 1.67. The van der Waals surface area contributed by atoms with Crippen molar-refractivity contribution < 1.29 is 23.4 Å². The molecule has 59 heavy (non-hydrogen) atoms. The van der Waals surface area contributed by atoms with E-state index in [1.165, 1.54) is 38.7 Å². The van der Waals surface area contributed by atoms with Crippen molar-refractivity contribution in [2.45, 2.75) is 98.8 Å². The van der Waals surface area contributed by atoms with Crippen molar-refractivity contribution >= 4 is 68.4 Å². The van der Waals surface area contributed by atoms with Crippen molar-refractivity contribution in [3.63, 3.8) is 0 Å². The van der Waals surface area contributed by atoms with Crippen molar-refractivity contribution in [2.75, 3.05) is 36.2 Å². The van der Waals surface area contributed by atoms with Crippen LogP contribution in [0.25, 0.3) is 11.0 Å². The van der Waals surface area contributed by atoms with E-state index in [9.17, 15) is 0 Å². The number of ether oxygens (including phenoxy) is 4. The van der Waals surface area contributed by atoms with E-state index in [2.05, 4.69) is 152 Å². The SMILES string of the molecule is Cc1cc(C(C)(C)C)cc(C)c1N1c2cc(C(C)C)cc3c2B(c2cc4c(cc2N3c2ccc3c(c2)OCCCO3)OCCCO4)c2c1oc1ccc(C(C)(C)C)cc21. The van der Waals surface area contributed by atoms with Gasteiger partial charge in [0, 0.05) is 52.9 Å². The fraction of sp³-hybridized carbons (Fsp3) is 0.373. The molecule has 0 saturated heterocycles. The molecule has 0 fully saturated rings. The summed E-state index contributed by atoms with van der Waals surface area (Å²) in [5.41, 5.74) is 16.1. The van der Waals surface area contributed by atoms with Crippen LogP contribution in [0.3, 0.4) is 0 Å². The molecule has 0 atom stereocenters. The molecule has 0 spiro atoms. The number of nitrogens with zero attached hydrogens (tertiary/aromatic N) is 2. The average molecular weight is 787 g/mol. The lowest BCUT2D eigenvalue weighted by Crippen LogP contribution is -2.61. The third kappa shape index (κ3) is 6.07. The highest BCUT2D eigenvalue weighted by molar-refractivity contribution is 7.01. The van der Waals surface area contributed by atoms with Gasteiger partial charge in [-0.3, -0.25) is 4.90 Å². The summed E-state index contributed by atoms with van der Waals surface area (Å²) in [7, 11) is 0. The summed E-state index contributed by atoms with van der Waals surface area (Å²) < 4.78 is 32.7. The maximum Gasteiger partial charge on any atom is 0.257 e. The van der Waals surface area contributed by atoms with E-state index in [4.69, 9.17) is 23.4 Å². The smallest absolute Gasteiger partial charge is 0.257 e. The Morgan fingerprint density at radius 1 is 0.576 bits per heavy atom.